The number of ether oxygens (including phenoxy) is 1. The topological polar surface area (TPSA) is 48.9 Å². The molecule has 5 nitrogen and oxygen atoms in total. The SMILES string of the molecule is CCOCc1ccccc1CNC(=NC)NCCCN1CCC(C)CC1. The van der Waals surface area contributed by atoms with Crippen molar-refractivity contribution in [2.75, 3.05) is 39.8 Å². The fourth-order valence-corrected chi connectivity index (χ4v) is 3.28. The van der Waals surface area contributed by atoms with Crippen molar-refractivity contribution < 1.29 is 4.74 Å². The second-order valence-corrected chi connectivity index (χ2v) is 7.14. The van der Waals surface area contributed by atoms with E-state index in [2.05, 4.69) is 51.7 Å². The lowest BCUT2D eigenvalue weighted by Gasteiger charge is -2.30. The van der Waals surface area contributed by atoms with E-state index in [0.717, 1.165) is 38.0 Å². The van der Waals surface area contributed by atoms with E-state index in [1.165, 1.54) is 43.6 Å². The minimum absolute atomic E-state index is 0.662. The minimum atomic E-state index is 0.662. The van der Waals surface area contributed by atoms with Crippen LogP contribution in [-0.2, 0) is 17.9 Å². The van der Waals surface area contributed by atoms with E-state index >= 15 is 0 Å². The maximum absolute atomic E-state index is 5.56. The van der Waals surface area contributed by atoms with Crippen molar-refractivity contribution in [1.82, 2.24) is 15.5 Å². The van der Waals surface area contributed by atoms with Gasteiger partial charge in [0.15, 0.2) is 5.96 Å². The van der Waals surface area contributed by atoms with Gasteiger partial charge in [0, 0.05) is 26.7 Å². The van der Waals surface area contributed by atoms with Crippen LogP contribution in [0.25, 0.3) is 0 Å². The van der Waals surface area contributed by atoms with Crippen LogP contribution in [0, 0.1) is 5.92 Å². The first-order chi connectivity index (χ1) is 12.7. The molecule has 0 aromatic heterocycles. The first-order valence-electron chi connectivity index (χ1n) is 10.0. The highest BCUT2D eigenvalue weighted by atomic mass is 16.5. The lowest BCUT2D eigenvalue weighted by Crippen LogP contribution is -2.39. The molecule has 26 heavy (non-hydrogen) atoms. The van der Waals surface area contributed by atoms with Crippen LogP contribution in [0.1, 0.15) is 44.2 Å². The van der Waals surface area contributed by atoms with Gasteiger partial charge in [0.2, 0.25) is 0 Å². The van der Waals surface area contributed by atoms with Gasteiger partial charge in [0.1, 0.15) is 0 Å². The molecule has 1 aromatic rings. The number of rotatable bonds is 9. The smallest absolute Gasteiger partial charge is 0.191 e. The molecule has 5 heteroatoms. The third-order valence-corrected chi connectivity index (χ3v) is 5.07. The number of likely N-dealkylation sites (tertiary alicyclic amines) is 1. The van der Waals surface area contributed by atoms with Crippen molar-refractivity contribution in [3.05, 3.63) is 35.4 Å². The van der Waals surface area contributed by atoms with Gasteiger partial charge in [-0.05, 0) is 62.9 Å². The van der Waals surface area contributed by atoms with Gasteiger partial charge < -0.3 is 20.3 Å². The van der Waals surface area contributed by atoms with E-state index < -0.39 is 0 Å². The summed E-state index contributed by atoms with van der Waals surface area (Å²) in [4.78, 5) is 6.92. The second-order valence-electron chi connectivity index (χ2n) is 7.14. The zero-order valence-electron chi connectivity index (χ0n) is 16.8. The van der Waals surface area contributed by atoms with E-state index in [1.807, 2.05) is 14.0 Å². The average Bonchev–Trinajstić information content (AvgIpc) is 2.68. The third kappa shape index (κ3) is 7.34. The van der Waals surface area contributed by atoms with Crippen LogP contribution in [-0.4, -0.2) is 50.7 Å². The largest absolute Gasteiger partial charge is 0.377 e. The van der Waals surface area contributed by atoms with Crippen LogP contribution in [0.4, 0.5) is 0 Å². The molecule has 0 radical (unpaired) electrons. The number of piperidine rings is 1. The number of nitrogens with zero attached hydrogens (tertiary/aromatic N) is 2. The number of aliphatic imine (C=N–C) groups is 1. The van der Waals surface area contributed by atoms with Crippen molar-refractivity contribution in [2.45, 2.75) is 46.3 Å². The summed E-state index contributed by atoms with van der Waals surface area (Å²) in [5.41, 5.74) is 2.49. The predicted octanol–water partition coefficient (Wildman–Crippen LogP) is 3.01. The summed E-state index contributed by atoms with van der Waals surface area (Å²) < 4.78 is 5.56. The molecule has 0 unspecified atom stereocenters. The van der Waals surface area contributed by atoms with Gasteiger partial charge in [-0.25, -0.2) is 0 Å². The lowest BCUT2D eigenvalue weighted by atomic mass is 9.99. The molecule has 146 valence electrons. The van der Waals surface area contributed by atoms with E-state index in [4.69, 9.17) is 4.74 Å². The first kappa shape index (κ1) is 20.7. The average molecular weight is 361 g/mol. The Morgan fingerprint density at radius 1 is 1.19 bits per heavy atom. The Kier molecular flexibility index (Phi) is 9.50. The molecule has 0 bridgehead atoms. The van der Waals surface area contributed by atoms with Gasteiger partial charge in [-0.15, -0.1) is 0 Å². The van der Waals surface area contributed by atoms with Crippen LogP contribution in [0.3, 0.4) is 0 Å². The Bertz CT molecular complexity index is 539. The summed E-state index contributed by atoms with van der Waals surface area (Å²) in [7, 11) is 1.83. The Balaban J connectivity index is 1.68. The molecule has 0 saturated carbocycles. The Morgan fingerprint density at radius 2 is 1.92 bits per heavy atom. The lowest BCUT2D eigenvalue weighted by molar-refractivity contribution is 0.133. The van der Waals surface area contributed by atoms with Crippen molar-refractivity contribution in [3.63, 3.8) is 0 Å². The van der Waals surface area contributed by atoms with Gasteiger partial charge in [0.05, 0.1) is 6.61 Å². The molecule has 0 amide bonds. The highest BCUT2D eigenvalue weighted by Gasteiger charge is 2.14. The fraction of sp³-hybridized carbons (Fsp3) is 0.667. The van der Waals surface area contributed by atoms with E-state index in [9.17, 15) is 0 Å². The van der Waals surface area contributed by atoms with E-state index in [0.29, 0.717) is 6.61 Å². The Hall–Kier alpha value is -1.59. The summed E-state index contributed by atoms with van der Waals surface area (Å²) in [6.07, 6.45) is 3.84. The van der Waals surface area contributed by atoms with E-state index in [1.54, 1.807) is 0 Å². The quantitative estimate of drug-likeness (QED) is 0.404. The molecule has 2 rings (SSSR count). The highest BCUT2D eigenvalue weighted by Crippen LogP contribution is 2.15. The van der Waals surface area contributed by atoms with Gasteiger partial charge >= 0.3 is 0 Å². The second kappa shape index (κ2) is 11.9. The summed E-state index contributed by atoms with van der Waals surface area (Å²) in [5, 5.41) is 6.85. The number of hydrogen-bond donors (Lipinski definition) is 2. The number of hydrogen-bond acceptors (Lipinski definition) is 3. The Morgan fingerprint density at radius 3 is 2.62 bits per heavy atom. The van der Waals surface area contributed by atoms with Gasteiger partial charge in [-0.2, -0.15) is 0 Å². The zero-order valence-corrected chi connectivity index (χ0v) is 16.8. The molecular formula is C21H36N4O. The van der Waals surface area contributed by atoms with Crippen LogP contribution in [0.5, 0.6) is 0 Å². The van der Waals surface area contributed by atoms with Crippen LogP contribution >= 0.6 is 0 Å². The Labute approximate surface area is 159 Å². The monoisotopic (exact) mass is 360 g/mol. The van der Waals surface area contributed by atoms with Crippen molar-refractivity contribution in [1.29, 1.82) is 0 Å². The molecule has 2 N–H and O–H groups in total. The molecule has 1 fully saturated rings. The maximum Gasteiger partial charge on any atom is 0.191 e. The number of benzene rings is 1. The standard InChI is InChI=1S/C21H36N4O/c1-4-26-17-20-9-6-5-8-19(20)16-24-21(22-3)23-12-7-13-25-14-10-18(2)11-15-25/h5-6,8-9,18H,4,7,10-17H2,1-3H3,(H2,22,23,24). The zero-order chi connectivity index (χ0) is 18.6. The fourth-order valence-electron chi connectivity index (χ4n) is 3.28. The molecule has 1 aromatic carbocycles. The van der Waals surface area contributed by atoms with Gasteiger partial charge in [-0.3, -0.25) is 4.99 Å². The van der Waals surface area contributed by atoms with Crippen molar-refractivity contribution >= 4 is 5.96 Å². The van der Waals surface area contributed by atoms with Crippen molar-refractivity contribution in [3.8, 4) is 0 Å². The summed E-state index contributed by atoms with van der Waals surface area (Å²) in [6.45, 7) is 11.2. The van der Waals surface area contributed by atoms with Crippen LogP contribution in [0.15, 0.2) is 29.3 Å². The summed E-state index contributed by atoms with van der Waals surface area (Å²) >= 11 is 0. The molecular weight excluding hydrogens is 324 g/mol. The number of nitrogens with one attached hydrogen (secondary N) is 2. The summed E-state index contributed by atoms with van der Waals surface area (Å²) in [5.74, 6) is 1.77. The third-order valence-electron chi connectivity index (χ3n) is 5.07. The normalized spacial score (nSPS) is 16.7. The van der Waals surface area contributed by atoms with Gasteiger partial charge in [0.25, 0.3) is 0 Å². The maximum atomic E-state index is 5.56. The molecule has 1 aliphatic rings. The van der Waals surface area contributed by atoms with Crippen molar-refractivity contribution in [2.24, 2.45) is 10.9 Å². The first-order valence-corrected chi connectivity index (χ1v) is 10.0. The van der Waals surface area contributed by atoms with Crippen LogP contribution < -0.4 is 10.6 Å². The minimum Gasteiger partial charge on any atom is -0.377 e. The predicted molar refractivity (Wildman–Crippen MR) is 109 cm³/mol. The highest BCUT2D eigenvalue weighted by molar-refractivity contribution is 5.79. The molecule has 0 atom stereocenters. The molecule has 1 saturated heterocycles. The molecule has 1 heterocycles. The molecule has 1 aliphatic heterocycles. The number of guanidine groups is 1. The van der Waals surface area contributed by atoms with Crippen LogP contribution in [0.2, 0.25) is 0 Å². The molecule has 0 aliphatic carbocycles. The molecule has 0 spiro atoms. The van der Waals surface area contributed by atoms with Gasteiger partial charge in [-0.1, -0.05) is 31.2 Å². The summed E-state index contributed by atoms with van der Waals surface area (Å²) in [6, 6.07) is 8.41. The van der Waals surface area contributed by atoms with E-state index in [-0.39, 0.29) is 0 Å².